The molecule has 2 aromatic rings. The van der Waals surface area contributed by atoms with E-state index in [0.29, 0.717) is 11.8 Å². The van der Waals surface area contributed by atoms with Gasteiger partial charge in [-0.1, -0.05) is 12.1 Å². The largest absolute Gasteiger partial charge is 0.265 e. The fourth-order valence-electron chi connectivity index (χ4n) is 2.13. The summed E-state index contributed by atoms with van der Waals surface area (Å²) in [5.74, 6) is -1.96. The second-order valence-electron chi connectivity index (χ2n) is 4.93. The maximum absolute atomic E-state index is 13.4. The van der Waals surface area contributed by atoms with Crippen LogP contribution in [0.2, 0.25) is 0 Å². The highest BCUT2D eigenvalue weighted by Crippen LogP contribution is 2.25. The van der Waals surface area contributed by atoms with Crippen molar-refractivity contribution in [2.24, 2.45) is 0 Å². The number of sulfonamides is 1. The number of aryl methyl sites for hydroxylation is 1. The van der Waals surface area contributed by atoms with E-state index in [1.165, 1.54) is 0 Å². The Balaban J connectivity index is 2.55. The number of nitriles is 1. The van der Waals surface area contributed by atoms with Crippen LogP contribution in [0.5, 0.6) is 0 Å². The van der Waals surface area contributed by atoms with Gasteiger partial charge in [0, 0.05) is 12.6 Å². The molecule has 0 aromatic heterocycles. The summed E-state index contributed by atoms with van der Waals surface area (Å²) in [6.07, 6.45) is -0.0506. The van der Waals surface area contributed by atoms with Crippen molar-refractivity contribution in [1.82, 2.24) is 0 Å². The molecule has 0 aliphatic heterocycles. The van der Waals surface area contributed by atoms with E-state index in [9.17, 15) is 17.2 Å². The van der Waals surface area contributed by atoms with Gasteiger partial charge in [-0.15, -0.1) is 0 Å². The summed E-state index contributed by atoms with van der Waals surface area (Å²) in [4.78, 5) is -0.491. The first kappa shape index (κ1) is 16.9. The number of anilines is 1. The topological polar surface area (TPSA) is 61.2 Å². The third-order valence-corrected chi connectivity index (χ3v) is 4.95. The number of rotatable bonds is 5. The molecular formula is C16H14F2N2O2S. The number of hydrogen-bond acceptors (Lipinski definition) is 3. The first-order valence-electron chi connectivity index (χ1n) is 6.77. The molecule has 0 radical (unpaired) electrons. The summed E-state index contributed by atoms with van der Waals surface area (Å²) in [7, 11) is -4.19. The predicted octanol–water partition coefficient (Wildman–Crippen LogP) is 3.38. The monoisotopic (exact) mass is 336 g/mol. The van der Waals surface area contributed by atoms with Crippen LogP contribution < -0.4 is 4.31 Å². The highest BCUT2D eigenvalue weighted by atomic mass is 32.2. The quantitative estimate of drug-likeness (QED) is 0.841. The molecule has 0 heterocycles. The van der Waals surface area contributed by atoms with E-state index in [1.807, 2.05) is 6.07 Å². The van der Waals surface area contributed by atoms with Crippen LogP contribution in [0.15, 0.2) is 47.4 Å². The van der Waals surface area contributed by atoms with Crippen LogP contribution in [0.25, 0.3) is 0 Å². The molecule has 0 N–H and O–H groups in total. The summed E-state index contributed by atoms with van der Waals surface area (Å²) >= 11 is 0. The molecule has 0 unspecified atom stereocenters. The Morgan fingerprint density at radius 2 is 1.78 bits per heavy atom. The molecule has 0 bridgehead atoms. The Hall–Kier alpha value is -2.46. The van der Waals surface area contributed by atoms with Gasteiger partial charge in [0.2, 0.25) is 0 Å². The van der Waals surface area contributed by atoms with Gasteiger partial charge < -0.3 is 0 Å². The van der Waals surface area contributed by atoms with Crippen molar-refractivity contribution in [2.45, 2.75) is 18.2 Å². The first-order valence-corrected chi connectivity index (χ1v) is 8.21. The summed E-state index contributed by atoms with van der Waals surface area (Å²) in [6.45, 7) is 1.68. The normalized spacial score (nSPS) is 11.0. The average Bonchev–Trinajstić information content (AvgIpc) is 2.46. The second-order valence-corrected chi connectivity index (χ2v) is 6.79. The van der Waals surface area contributed by atoms with Crippen molar-refractivity contribution in [3.05, 3.63) is 59.7 Å². The SMILES string of the molecule is Cc1cccc(N(CCC#N)S(=O)(=O)c2cc(F)cc(F)c2)c1. The summed E-state index contributed by atoms with van der Waals surface area (Å²) in [5, 5.41) is 8.75. The Labute approximate surface area is 133 Å². The zero-order valence-electron chi connectivity index (χ0n) is 12.3. The van der Waals surface area contributed by atoms with Crippen LogP contribution in [-0.4, -0.2) is 15.0 Å². The number of nitrogens with zero attached hydrogens (tertiary/aromatic N) is 2. The minimum absolute atomic E-state index is 0.0506. The van der Waals surface area contributed by atoms with Crippen LogP contribution in [0.1, 0.15) is 12.0 Å². The standard InChI is InChI=1S/C16H14F2N2O2S/c1-12-4-2-5-15(8-12)20(7-3-6-19)23(21,22)16-10-13(17)9-14(18)11-16/h2,4-5,8-11H,3,7H2,1H3. The molecule has 0 saturated heterocycles. The van der Waals surface area contributed by atoms with Gasteiger partial charge in [0.25, 0.3) is 10.0 Å². The highest BCUT2D eigenvalue weighted by Gasteiger charge is 2.26. The molecule has 7 heteroatoms. The molecule has 2 aromatic carbocycles. The number of benzene rings is 2. The van der Waals surface area contributed by atoms with Crippen molar-refractivity contribution in [3.63, 3.8) is 0 Å². The molecule has 2 rings (SSSR count). The molecule has 0 spiro atoms. The molecule has 0 saturated carbocycles. The van der Waals surface area contributed by atoms with Gasteiger partial charge in [-0.2, -0.15) is 5.26 Å². The van der Waals surface area contributed by atoms with Crippen molar-refractivity contribution in [3.8, 4) is 6.07 Å². The first-order chi connectivity index (χ1) is 10.8. The fraction of sp³-hybridized carbons (Fsp3) is 0.188. The molecule has 0 aliphatic rings. The van der Waals surface area contributed by atoms with E-state index in [2.05, 4.69) is 0 Å². The molecular weight excluding hydrogens is 322 g/mol. The minimum Gasteiger partial charge on any atom is -0.265 e. The zero-order valence-corrected chi connectivity index (χ0v) is 13.1. The second kappa shape index (κ2) is 6.75. The van der Waals surface area contributed by atoms with Gasteiger partial charge in [-0.05, 0) is 36.8 Å². The zero-order chi connectivity index (χ0) is 17.0. The minimum atomic E-state index is -4.19. The van der Waals surface area contributed by atoms with E-state index in [1.54, 1.807) is 31.2 Å². The van der Waals surface area contributed by atoms with Crippen molar-refractivity contribution >= 4 is 15.7 Å². The fourth-order valence-corrected chi connectivity index (χ4v) is 3.63. The summed E-state index contributed by atoms with van der Waals surface area (Å²) in [6, 6.07) is 10.7. The molecule has 120 valence electrons. The van der Waals surface area contributed by atoms with Crippen LogP contribution in [0.4, 0.5) is 14.5 Å². The molecule has 0 aliphatic carbocycles. The number of hydrogen-bond donors (Lipinski definition) is 0. The molecule has 23 heavy (non-hydrogen) atoms. The maximum atomic E-state index is 13.4. The van der Waals surface area contributed by atoms with Crippen LogP contribution in [0.3, 0.4) is 0 Å². The molecule has 4 nitrogen and oxygen atoms in total. The Morgan fingerprint density at radius 3 is 2.35 bits per heavy atom. The van der Waals surface area contributed by atoms with E-state index >= 15 is 0 Å². The Kier molecular flexibility index (Phi) is 4.96. The van der Waals surface area contributed by atoms with Gasteiger partial charge in [-0.3, -0.25) is 4.31 Å². The van der Waals surface area contributed by atoms with Gasteiger partial charge in [0.05, 0.1) is 23.1 Å². The molecule has 0 fully saturated rings. The third kappa shape index (κ3) is 3.85. The number of halogens is 2. The molecule has 0 amide bonds. The lowest BCUT2D eigenvalue weighted by Crippen LogP contribution is -2.32. The lowest BCUT2D eigenvalue weighted by Gasteiger charge is -2.24. The van der Waals surface area contributed by atoms with Gasteiger partial charge in [-0.25, -0.2) is 17.2 Å². The summed E-state index contributed by atoms with van der Waals surface area (Å²) < 4.78 is 53.2. The van der Waals surface area contributed by atoms with Gasteiger partial charge in [0.1, 0.15) is 11.6 Å². The smallest absolute Gasteiger partial charge is 0.264 e. The van der Waals surface area contributed by atoms with Crippen LogP contribution >= 0.6 is 0 Å². The predicted molar refractivity (Wildman–Crippen MR) is 82.3 cm³/mol. The van der Waals surface area contributed by atoms with Crippen LogP contribution in [0, 0.1) is 29.9 Å². The Bertz CT molecular complexity index is 840. The molecule has 0 atom stereocenters. The van der Waals surface area contributed by atoms with E-state index in [4.69, 9.17) is 5.26 Å². The highest BCUT2D eigenvalue weighted by molar-refractivity contribution is 7.92. The van der Waals surface area contributed by atoms with E-state index in [0.717, 1.165) is 22.0 Å². The van der Waals surface area contributed by atoms with E-state index in [-0.39, 0.29) is 13.0 Å². The van der Waals surface area contributed by atoms with Crippen molar-refractivity contribution < 1.29 is 17.2 Å². The lowest BCUT2D eigenvalue weighted by atomic mass is 10.2. The average molecular weight is 336 g/mol. The van der Waals surface area contributed by atoms with Crippen LogP contribution in [-0.2, 0) is 10.0 Å². The maximum Gasteiger partial charge on any atom is 0.264 e. The summed E-state index contributed by atoms with van der Waals surface area (Å²) in [5.41, 5.74) is 1.16. The lowest BCUT2D eigenvalue weighted by molar-refractivity contribution is 0.565. The van der Waals surface area contributed by atoms with Gasteiger partial charge in [0.15, 0.2) is 0 Å². The third-order valence-electron chi connectivity index (χ3n) is 3.14. The Morgan fingerprint density at radius 1 is 1.13 bits per heavy atom. The van der Waals surface area contributed by atoms with Crippen molar-refractivity contribution in [2.75, 3.05) is 10.8 Å². The van der Waals surface area contributed by atoms with Gasteiger partial charge >= 0.3 is 0 Å². The van der Waals surface area contributed by atoms with Crippen molar-refractivity contribution in [1.29, 1.82) is 5.26 Å². The van der Waals surface area contributed by atoms with E-state index < -0.39 is 26.6 Å².